The largest absolute Gasteiger partial charge is 0.494 e. The number of likely N-dealkylation sites (N-methyl/N-ethyl adjacent to an activating group) is 1. The molecule has 1 aliphatic rings. The highest BCUT2D eigenvalue weighted by atomic mass is 32.2. The smallest absolute Gasteiger partial charge is 0.267 e. The van der Waals surface area contributed by atoms with Crippen LogP contribution in [0.1, 0.15) is 24.3 Å². The average molecular weight is 539 g/mol. The summed E-state index contributed by atoms with van der Waals surface area (Å²) >= 11 is 2.76. The lowest BCUT2D eigenvalue weighted by molar-refractivity contribution is -0.113. The van der Waals surface area contributed by atoms with Crippen LogP contribution in [0, 0.1) is 5.82 Å². The first-order valence-electron chi connectivity index (χ1n) is 12.2. The first-order chi connectivity index (χ1) is 18.0. The number of fused-ring (bicyclic) bond motifs is 3. The Kier molecular flexibility index (Phi) is 7.59. The summed E-state index contributed by atoms with van der Waals surface area (Å²) < 4.78 is 20.3. The van der Waals surface area contributed by atoms with Gasteiger partial charge in [-0.1, -0.05) is 18.7 Å². The number of carbonyl (C=O) groups excluding carboxylic acids is 1. The van der Waals surface area contributed by atoms with Gasteiger partial charge in [-0.25, -0.2) is 9.37 Å². The van der Waals surface area contributed by atoms with Crippen LogP contribution < -0.4 is 15.6 Å². The average Bonchev–Trinajstić information content (AvgIpc) is 3.27. The molecule has 2 aromatic carbocycles. The van der Waals surface area contributed by atoms with Crippen molar-refractivity contribution in [3.63, 3.8) is 0 Å². The van der Waals surface area contributed by atoms with Gasteiger partial charge < -0.3 is 10.1 Å². The highest BCUT2D eigenvalue weighted by molar-refractivity contribution is 7.99. The Morgan fingerprint density at radius 2 is 1.92 bits per heavy atom. The van der Waals surface area contributed by atoms with E-state index in [9.17, 15) is 14.0 Å². The van der Waals surface area contributed by atoms with Crippen molar-refractivity contribution in [3.8, 4) is 11.4 Å². The van der Waals surface area contributed by atoms with Gasteiger partial charge in [-0.2, -0.15) is 0 Å². The van der Waals surface area contributed by atoms with Gasteiger partial charge in [0.05, 0.1) is 23.4 Å². The Morgan fingerprint density at radius 3 is 2.62 bits per heavy atom. The van der Waals surface area contributed by atoms with Crippen molar-refractivity contribution in [2.45, 2.75) is 32.0 Å². The Labute approximate surface area is 222 Å². The van der Waals surface area contributed by atoms with Crippen LogP contribution >= 0.6 is 23.1 Å². The third-order valence-corrected chi connectivity index (χ3v) is 8.29. The minimum Gasteiger partial charge on any atom is -0.494 e. The van der Waals surface area contributed by atoms with Crippen LogP contribution in [0.25, 0.3) is 15.9 Å². The van der Waals surface area contributed by atoms with Gasteiger partial charge in [0.15, 0.2) is 5.16 Å². The number of halogens is 1. The number of thiophene rings is 1. The summed E-state index contributed by atoms with van der Waals surface area (Å²) in [4.78, 5) is 35.7. The molecule has 0 fully saturated rings. The zero-order valence-corrected chi connectivity index (χ0v) is 22.3. The van der Waals surface area contributed by atoms with Crippen molar-refractivity contribution in [1.29, 1.82) is 0 Å². The van der Waals surface area contributed by atoms with E-state index in [-0.39, 0.29) is 23.0 Å². The van der Waals surface area contributed by atoms with Crippen LogP contribution in [0.2, 0.25) is 0 Å². The van der Waals surface area contributed by atoms with Gasteiger partial charge in [0.2, 0.25) is 5.91 Å². The van der Waals surface area contributed by atoms with E-state index >= 15 is 0 Å². The summed E-state index contributed by atoms with van der Waals surface area (Å²) in [5.74, 6) is 0.119. The number of nitrogens with one attached hydrogen (secondary N) is 1. The summed E-state index contributed by atoms with van der Waals surface area (Å²) in [6.45, 7) is 7.30. The van der Waals surface area contributed by atoms with Crippen molar-refractivity contribution in [3.05, 3.63) is 75.1 Å². The molecule has 1 aliphatic heterocycles. The lowest BCUT2D eigenvalue weighted by Gasteiger charge is -2.25. The molecule has 0 saturated heterocycles. The standard InChI is InChI=1S/C27H27FN4O3S2/c1-3-31-14-13-21-22(15-31)37-25-24(21)26(34)32(19-9-11-20(12-10-19)35-4-2)27(30-25)36-16-23(33)29-18-7-5-17(28)6-8-18/h5-12H,3-4,13-16H2,1-2H3,(H,29,33). The van der Waals surface area contributed by atoms with E-state index in [1.54, 1.807) is 15.9 Å². The number of aromatic nitrogens is 2. The van der Waals surface area contributed by atoms with Crippen molar-refractivity contribution < 1.29 is 13.9 Å². The fourth-order valence-corrected chi connectivity index (χ4v) is 6.51. The molecule has 0 spiro atoms. The number of carbonyl (C=O) groups is 1. The molecule has 1 amide bonds. The van der Waals surface area contributed by atoms with Gasteiger partial charge in [-0.05, 0) is 74.0 Å². The van der Waals surface area contributed by atoms with Gasteiger partial charge in [0, 0.05) is 23.7 Å². The predicted molar refractivity (Wildman–Crippen MR) is 147 cm³/mol. The Morgan fingerprint density at radius 1 is 1.16 bits per heavy atom. The molecule has 10 heteroatoms. The quantitative estimate of drug-likeness (QED) is 0.249. The van der Waals surface area contributed by atoms with E-state index in [1.807, 2.05) is 31.2 Å². The third kappa shape index (κ3) is 5.41. The summed E-state index contributed by atoms with van der Waals surface area (Å²) in [6.07, 6.45) is 0.815. The number of ether oxygens (including phenoxy) is 1. The Hall–Kier alpha value is -3.21. The molecule has 0 radical (unpaired) electrons. The van der Waals surface area contributed by atoms with E-state index in [0.29, 0.717) is 39.1 Å². The molecule has 7 nitrogen and oxygen atoms in total. The van der Waals surface area contributed by atoms with Gasteiger partial charge in [-0.15, -0.1) is 11.3 Å². The predicted octanol–water partition coefficient (Wildman–Crippen LogP) is 5.09. The molecule has 0 unspecified atom stereocenters. The Balaban J connectivity index is 1.51. The molecule has 0 aliphatic carbocycles. The number of hydrogen-bond acceptors (Lipinski definition) is 7. The Bertz CT molecular complexity index is 1480. The first-order valence-corrected chi connectivity index (χ1v) is 14.0. The van der Waals surface area contributed by atoms with Gasteiger partial charge >= 0.3 is 0 Å². The van der Waals surface area contributed by atoms with Gasteiger partial charge in [0.25, 0.3) is 5.56 Å². The van der Waals surface area contributed by atoms with Crippen LogP contribution in [0.4, 0.5) is 10.1 Å². The van der Waals surface area contributed by atoms with Crippen molar-refractivity contribution in [2.75, 3.05) is 30.8 Å². The molecule has 3 heterocycles. The van der Waals surface area contributed by atoms with Crippen LogP contribution in [-0.2, 0) is 17.8 Å². The molecular weight excluding hydrogens is 511 g/mol. The number of nitrogens with zero attached hydrogens (tertiary/aromatic N) is 3. The number of hydrogen-bond donors (Lipinski definition) is 1. The minimum absolute atomic E-state index is 0.0427. The van der Waals surface area contributed by atoms with Crippen molar-refractivity contribution in [1.82, 2.24) is 14.5 Å². The maximum absolute atomic E-state index is 13.9. The zero-order valence-electron chi connectivity index (χ0n) is 20.6. The molecule has 5 rings (SSSR count). The monoisotopic (exact) mass is 538 g/mol. The van der Waals surface area contributed by atoms with Gasteiger partial charge in [0.1, 0.15) is 16.4 Å². The number of amides is 1. The summed E-state index contributed by atoms with van der Waals surface area (Å²) in [6, 6.07) is 12.9. The second-order valence-electron chi connectivity index (χ2n) is 8.61. The molecule has 0 atom stereocenters. The van der Waals surface area contributed by atoms with Crippen LogP contribution in [0.15, 0.2) is 58.5 Å². The van der Waals surface area contributed by atoms with Crippen molar-refractivity contribution >= 4 is 44.9 Å². The first kappa shape index (κ1) is 25.4. The van der Waals surface area contributed by atoms with Crippen LogP contribution in [-0.4, -0.2) is 45.8 Å². The van der Waals surface area contributed by atoms with E-state index in [1.165, 1.54) is 40.9 Å². The van der Waals surface area contributed by atoms with Crippen molar-refractivity contribution in [2.24, 2.45) is 0 Å². The maximum atomic E-state index is 13.9. The SMILES string of the molecule is CCOc1ccc(-n2c(SCC(=O)Nc3ccc(F)cc3)nc3sc4c(c3c2=O)CCN(CC)C4)cc1. The molecule has 1 N–H and O–H groups in total. The number of rotatable bonds is 8. The number of anilines is 1. The topological polar surface area (TPSA) is 76.5 Å². The molecule has 192 valence electrons. The summed E-state index contributed by atoms with van der Waals surface area (Å²) in [5.41, 5.74) is 2.13. The van der Waals surface area contributed by atoms with E-state index in [2.05, 4.69) is 17.1 Å². The number of benzene rings is 2. The summed E-state index contributed by atoms with van der Waals surface area (Å²) in [5, 5.41) is 3.88. The molecule has 37 heavy (non-hydrogen) atoms. The van der Waals surface area contributed by atoms with E-state index in [4.69, 9.17) is 9.72 Å². The highest BCUT2D eigenvalue weighted by Crippen LogP contribution is 2.34. The normalized spacial score (nSPS) is 13.5. The second-order valence-corrected chi connectivity index (χ2v) is 10.6. The lowest BCUT2D eigenvalue weighted by Crippen LogP contribution is -2.30. The molecular formula is C27H27FN4O3S2. The van der Waals surface area contributed by atoms with Gasteiger partial charge in [-0.3, -0.25) is 19.1 Å². The molecule has 0 saturated carbocycles. The fraction of sp³-hybridized carbons (Fsp3) is 0.296. The van der Waals surface area contributed by atoms with E-state index < -0.39 is 0 Å². The van der Waals surface area contributed by atoms with E-state index in [0.717, 1.165) is 31.6 Å². The lowest BCUT2D eigenvalue weighted by atomic mass is 10.1. The fourth-order valence-electron chi connectivity index (χ4n) is 4.39. The number of thioether (sulfide) groups is 1. The third-order valence-electron chi connectivity index (χ3n) is 6.24. The molecule has 0 bridgehead atoms. The molecule has 2 aromatic heterocycles. The van der Waals surface area contributed by atoms with Crippen LogP contribution in [0.5, 0.6) is 5.75 Å². The maximum Gasteiger partial charge on any atom is 0.267 e. The minimum atomic E-state index is -0.370. The summed E-state index contributed by atoms with van der Waals surface area (Å²) in [7, 11) is 0. The second kappa shape index (κ2) is 11.0. The highest BCUT2D eigenvalue weighted by Gasteiger charge is 2.25. The zero-order chi connectivity index (χ0) is 25.9. The van der Waals surface area contributed by atoms with Crippen LogP contribution in [0.3, 0.4) is 0 Å². The molecule has 4 aromatic rings.